The first-order chi connectivity index (χ1) is 9.89. The minimum atomic E-state index is -3.06. The molecule has 1 aromatic rings. The summed E-state index contributed by atoms with van der Waals surface area (Å²) in [5.41, 5.74) is 1.27. The van der Waals surface area contributed by atoms with Crippen molar-refractivity contribution in [1.82, 2.24) is 4.90 Å². The topological polar surface area (TPSA) is 74.7 Å². The lowest BCUT2D eigenvalue weighted by atomic mass is 10.1. The highest BCUT2D eigenvalue weighted by atomic mass is 32.2. The maximum Gasteiger partial charge on any atom is 0.253 e. The van der Waals surface area contributed by atoms with Crippen molar-refractivity contribution >= 4 is 15.7 Å². The van der Waals surface area contributed by atoms with E-state index in [-0.39, 0.29) is 18.3 Å². The lowest BCUT2D eigenvalue weighted by Crippen LogP contribution is -2.28. The fraction of sp³-hybridized carbons (Fsp3) is 0.533. The van der Waals surface area contributed by atoms with Crippen LogP contribution in [0, 0.1) is 5.92 Å². The molecule has 1 amide bonds. The summed E-state index contributed by atoms with van der Waals surface area (Å²) in [4.78, 5) is 14.1. The van der Waals surface area contributed by atoms with E-state index in [0.717, 1.165) is 12.8 Å². The monoisotopic (exact) mass is 311 g/mol. The molecule has 0 saturated carbocycles. The van der Waals surface area contributed by atoms with Crippen LogP contribution >= 0.6 is 0 Å². The molecule has 0 radical (unpaired) electrons. The summed E-state index contributed by atoms with van der Waals surface area (Å²) in [5.74, 6) is 0.342. The lowest BCUT2D eigenvalue weighted by Gasteiger charge is -2.16. The van der Waals surface area contributed by atoms with Crippen LogP contribution in [0.3, 0.4) is 0 Å². The molecule has 0 spiro atoms. The van der Waals surface area contributed by atoms with Crippen LogP contribution in [-0.4, -0.2) is 50.3 Å². The smallest absolute Gasteiger partial charge is 0.253 e. The molecule has 1 unspecified atom stereocenters. The van der Waals surface area contributed by atoms with Crippen LogP contribution in [0.25, 0.3) is 0 Å². The molecule has 6 heteroatoms. The van der Waals surface area contributed by atoms with Crippen LogP contribution in [-0.2, 0) is 15.6 Å². The first-order valence-electron chi connectivity index (χ1n) is 7.06. The number of nitrogens with zero attached hydrogens (tertiary/aromatic N) is 1. The van der Waals surface area contributed by atoms with E-state index in [4.69, 9.17) is 5.11 Å². The van der Waals surface area contributed by atoms with Crippen molar-refractivity contribution < 1.29 is 18.3 Å². The maximum atomic E-state index is 12.3. The highest BCUT2D eigenvalue weighted by Crippen LogP contribution is 2.21. The van der Waals surface area contributed by atoms with Gasteiger partial charge in [-0.1, -0.05) is 12.1 Å². The predicted octanol–water partition coefficient (Wildman–Crippen LogP) is 1.08. The lowest BCUT2D eigenvalue weighted by molar-refractivity contribution is 0.0784. The summed E-state index contributed by atoms with van der Waals surface area (Å²) in [6.45, 7) is 1.56. The van der Waals surface area contributed by atoms with Gasteiger partial charge in [-0.3, -0.25) is 4.79 Å². The van der Waals surface area contributed by atoms with E-state index in [9.17, 15) is 13.2 Å². The van der Waals surface area contributed by atoms with Crippen LogP contribution in [0.15, 0.2) is 24.3 Å². The summed E-state index contributed by atoms with van der Waals surface area (Å²) in [5, 5.41) is 8.94. The van der Waals surface area contributed by atoms with Gasteiger partial charge >= 0.3 is 0 Å². The van der Waals surface area contributed by atoms with Crippen molar-refractivity contribution in [1.29, 1.82) is 0 Å². The summed E-state index contributed by atoms with van der Waals surface area (Å²) in [6.07, 6.45) is 2.85. The normalized spacial score (nSPS) is 19.0. The number of likely N-dealkylation sites (tertiary alicyclic amines) is 1. The number of hydrogen-bond donors (Lipinski definition) is 1. The van der Waals surface area contributed by atoms with Crippen LogP contribution in [0.5, 0.6) is 0 Å². The zero-order valence-corrected chi connectivity index (χ0v) is 13.0. The Bertz CT molecular complexity index is 595. The first-order valence-corrected chi connectivity index (χ1v) is 9.12. The van der Waals surface area contributed by atoms with Gasteiger partial charge in [-0.05, 0) is 36.5 Å². The number of benzene rings is 1. The largest absolute Gasteiger partial charge is 0.396 e. The highest BCUT2D eigenvalue weighted by molar-refractivity contribution is 7.89. The fourth-order valence-electron chi connectivity index (χ4n) is 2.66. The third-order valence-corrected chi connectivity index (χ3v) is 4.60. The third kappa shape index (κ3) is 4.54. The van der Waals surface area contributed by atoms with E-state index >= 15 is 0 Å². The quantitative estimate of drug-likeness (QED) is 0.883. The molecule has 1 aliphatic heterocycles. The fourth-order valence-corrected chi connectivity index (χ4v) is 3.46. The molecule has 1 fully saturated rings. The van der Waals surface area contributed by atoms with Crippen LogP contribution in [0.4, 0.5) is 0 Å². The van der Waals surface area contributed by atoms with Crippen molar-refractivity contribution in [3.8, 4) is 0 Å². The molecule has 116 valence electrons. The zero-order valence-electron chi connectivity index (χ0n) is 12.2. The van der Waals surface area contributed by atoms with E-state index in [1.165, 1.54) is 6.26 Å². The number of rotatable bonds is 5. The standard InChI is InChI=1S/C15H21NO4S/c1-21(19,20)11-13-2-4-14(5-3-13)15(18)16-8-6-12(10-16)7-9-17/h2-5,12,17H,6-11H2,1H3. The minimum Gasteiger partial charge on any atom is -0.396 e. The molecule has 0 aliphatic carbocycles. The molecule has 1 heterocycles. The first kappa shape index (κ1) is 16.0. The summed E-state index contributed by atoms with van der Waals surface area (Å²) < 4.78 is 22.5. The molecule has 1 saturated heterocycles. The molecule has 1 N–H and O–H groups in total. The van der Waals surface area contributed by atoms with Crippen LogP contribution in [0.1, 0.15) is 28.8 Å². The van der Waals surface area contributed by atoms with Crippen molar-refractivity contribution in [3.63, 3.8) is 0 Å². The Balaban J connectivity index is 2.00. The van der Waals surface area contributed by atoms with Crippen molar-refractivity contribution in [2.75, 3.05) is 26.0 Å². The van der Waals surface area contributed by atoms with Gasteiger partial charge in [0.15, 0.2) is 9.84 Å². The molecule has 21 heavy (non-hydrogen) atoms. The van der Waals surface area contributed by atoms with Gasteiger partial charge in [0, 0.05) is 31.5 Å². The predicted molar refractivity (Wildman–Crippen MR) is 80.7 cm³/mol. The molecule has 1 aromatic carbocycles. The van der Waals surface area contributed by atoms with Gasteiger partial charge in [-0.2, -0.15) is 0 Å². The molecule has 1 aliphatic rings. The molecule has 5 nitrogen and oxygen atoms in total. The van der Waals surface area contributed by atoms with Crippen LogP contribution in [0.2, 0.25) is 0 Å². The van der Waals surface area contributed by atoms with Gasteiger partial charge in [-0.25, -0.2) is 8.42 Å². The molecular weight excluding hydrogens is 290 g/mol. The third-order valence-electron chi connectivity index (χ3n) is 3.74. The Labute approximate surface area is 125 Å². The number of sulfone groups is 1. The van der Waals surface area contributed by atoms with Gasteiger partial charge < -0.3 is 10.0 Å². The number of amides is 1. The number of aliphatic hydroxyl groups excluding tert-OH is 1. The number of carbonyl (C=O) groups excluding carboxylic acids is 1. The summed E-state index contributed by atoms with van der Waals surface area (Å²) >= 11 is 0. The van der Waals surface area contributed by atoms with E-state index in [2.05, 4.69) is 0 Å². The van der Waals surface area contributed by atoms with Gasteiger partial charge in [-0.15, -0.1) is 0 Å². The van der Waals surface area contributed by atoms with Crippen LogP contribution < -0.4 is 0 Å². The zero-order chi connectivity index (χ0) is 15.5. The second-order valence-electron chi connectivity index (χ2n) is 5.69. The van der Waals surface area contributed by atoms with E-state index in [1.807, 2.05) is 0 Å². The second kappa shape index (κ2) is 6.58. The Morgan fingerprint density at radius 2 is 2.00 bits per heavy atom. The summed E-state index contributed by atoms with van der Waals surface area (Å²) in [7, 11) is -3.06. The SMILES string of the molecule is CS(=O)(=O)Cc1ccc(C(=O)N2CCC(CCO)C2)cc1. The molecule has 0 bridgehead atoms. The van der Waals surface area contributed by atoms with Gasteiger partial charge in [0.05, 0.1) is 5.75 Å². The number of aliphatic hydroxyl groups is 1. The Kier molecular flexibility index (Phi) is 5.00. The van der Waals surface area contributed by atoms with Gasteiger partial charge in [0.25, 0.3) is 5.91 Å². The van der Waals surface area contributed by atoms with Gasteiger partial charge in [0.1, 0.15) is 0 Å². The Morgan fingerprint density at radius 1 is 1.33 bits per heavy atom. The molecular formula is C15H21NO4S. The Morgan fingerprint density at radius 3 is 2.57 bits per heavy atom. The average Bonchev–Trinajstić information content (AvgIpc) is 2.86. The highest BCUT2D eigenvalue weighted by Gasteiger charge is 2.26. The minimum absolute atomic E-state index is 0.0102. The van der Waals surface area contributed by atoms with Gasteiger partial charge in [0.2, 0.25) is 0 Å². The summed E-state index contributed by atoms with van der Waals surface area (Å²) in [6, 6.07) is 6.75. The second-order valence-corrected chi connectivity index (χ2v) is 7.83. The Hall–Kier alpha value is -1.40. The molecule has 1 atom stereocenters. The van der Waals surface area contributed by atoms with Crippen molar-refractivity contribution in [2.24, 2.45) is 5.92 Å². The van der Waals surface area contributed by atoms with Crippen molar-refractivity contribution in [3.05, 3.63) is 35.4 Å². The molecule has 2 rings (SSSR count). The number of hydrogen-bond acceptors (Lipinski definition) is 4. The number of carbonyl (C=O) groups is 1. The van der Waals surface area contributed by atoms with Crippen molar-refractivity contribution in [2.45, 2.75) is 18.6 Å². The molecule has 0 aromatic heterocycles. The van der Waals surface area contributed by atoms with E-state index < -0.39 is 9.84 Å². The van der Waals surface area contributed by atoms with E-state index in [1.54, 1.807) is 29.2 Å². The van der Waals surface area contributed by atoms with E-state index in [0.29, 0.717) is 30.1 Å². The maximum absolute atomic E-state index is 12.3. The average molecular weight is 311 g/mol.